The van der Waals surface area contributed by atoms with Crippen LogP contribution in [0.1, 0.15) is 80.2 Å². The van der Waals surface area contributed by atoms with Crippen LogP contribution in [0, 0.1) is 0 Å². The lowest BCUT2D eigenvalue weighted by Crippen LogP contribution is -2.40. The summed E-state index contributed by atoms with van der Waals surface area (Å²) in [5, 5.41) is 3.10. The van der Waals surface area contributed by atoms with Gasteiger partial charge in [0.25, 0.3) is 23.6 Å². The molecular formula is C61H66N6O10S2. The lowest BCUT2D eigenvalue weighted by molar-refractivity contribution is -0.139. The van der Waals surface area contributed by atoms with Crippen molar-refractivity contribution >= 4 is 76.6 Å². The molecule has 1 N–H and O–H groups in total. The van der Waals surface area contributed by atoms with E-state index in [1.165, 1.54) is 22.0 Å². The summed E-state index contributed by atoms with van der Waals surface area (Å²) < 4.78 is 25.0. The highest BCUT2D eigenvalue weighted by atomic mass is 32.2. The smallest absolute Gasteiger partial charge is 0.260 e. The fourth-order valence-corrected chi connectivity index (χ4v) is 14.6. The van der Waals surface area contributed by atoms with Crippen LogP contribution in [0.25, 0.3) is 0 Å². The van der Waals surface area contributed by atoms with Crippen LogP contribution in [0.4, 0.5) is 11.4 Å². The van der Waals surface area contributed by atoms with Crippen molar-refractivity contribution in [3.63, 3.8) is 0 Å². The number of benzene rings is 3. The molecule has 11 rings (SSSR count). The number of carbonyl (C=O) groups is 6. The van der Waals surface area contributed by atoms with Crippen LogP contribution in [0.2, 0.25) is 0 Å². The first-order valence-corrected chi connectivity index (χ1v) is 29.3. The van der Waals surface area contributed by atoms with Gasteiger partial charge >= 0.3 is 0 Å². The minimum Gasteiger partial charge on any atom is -0.490 e. The Morgan fingerprint density at radius 3 is 2.14 bits per heavy atom. The molecule has 3 aromatic rings. The van der Waals surface area contributed by atoms with Crippen molar-refractivity contribution in [3.8, 4) is 0 Å². The van der Waals surface area contributed by atoms with Crippen LogP contribution < -0.4 is 15.1 Å². The average Bonchev–Trinajstić information content (AvgIpc) is 4.37. The molecule has 0 bridgehead atoms. The molecule has 0 radical (unpaired) electrons. The quantitative estimate of drug-likeness (QED) is 0.0824. The molecule has 412 valence electrons. The highest BCUT2D eigenvalue weighted by molar-refractivity contribution is 8.04. The number of allylic oxidation sites excluding steroid dienone is 1. The third-order valence-electron chi connectivity index (χ3n) is 15.8. The van der Waals surface area contributed by atoms with Crippen LogP contribution in [0.15, 0.2) is 130 Å². The van der Waals surface area contributed by atoms with Gasteiger partial charge in [0, 0.05) is 116 Å². The SMILES string of the molecule is COC1CC2=C(C=C1OCc1cc(COC3C=C4NC[C@@H]5Cc6ccccc6N5C(=O)C4=CC3OC)cc(CSCC(C)(C)SC3CC(=O)N(CCCCCCN4C(=O)C=CC4=O)C3=O)c1)N=CC1Cc3ccccc3N1C2=O. The number of nitrogens with one attached hydrogen (secondary N) is 1. The highest BCUT2D eigenvalue weighted by Gasteiger charge is 2.44. The molecule has 8 aliphatic rings. The van der Waals surface area contributed by atoms with Gasteiger partial charge in [-0.25, -0.2) is 0 Å². The van der Waals surface area contributed by atoms with E-state index in [4.69, 9.17) is 23.9 Å². The van der Waals surface area contributed by atoms with Gasteiger partial charge in [0.05, 0.1) is 35.2 Å². The van der Waals surface area contributed by atoms with E-state index in [9.17, 15) is 28.8 Å². The Labute approximate surface area is 469 Å². The standard InChI is InChI=1S/C61H66N6O10S2/c1-61(2,79-54-30-57(70)65(60(54)73)20-12-6-5-11-19-64-55(68)17-18-56(64)69)36-78-35-39-22-37(33-76-52-28-46-44(26-50(52)74-3)58(71)66-42(31-62-46)24-40-13-7-9-15-48(40)66)21-38(23-39)34-77-53-29-47-45(27-51(53)75-4)59(72)67-43(32-63-47)25-41-14-8-10-16-49(41)67/h7-10,13-18,21-23,26,28-29,32,42-43,50-52,54,62H,5-6,11-12,19-20,24-25,27,30-31,33-36H2,1-4H3/t42-,43?,50?,51?,52?,54?/m0/s1. The van der Waals surface area contributed by atoms with Crippen molar-refractivity contribution in [3.05, 3.63) is 153 Å². The zero-order chi connectivity index (χ0) is 55.0. The maximum Gasteiger partial charge on any atom is 0.260 e. The summed E-state index contributed by atoms with van der Waals surface area (Å²) in [6.45, 7) is 6.00. The van der Waals surface area contributed by atoms with Crippen LogP contribution in [0.3, 0.4) is 0 Å². The fourth-order valence-electron chi connectivity index (χ4n) is 11.9. The predicted octanol–water partition coefficient (Wildman–Crippen LogP) is 7.45. The van der Waals surface area contributed by atoms with Crippen molar-refractivity contribution in [1.82, 2.24) is 15.1 Å². The number of unbranched alkanes of at least 4 members (excludes halogenated alkanes) is 3. The maximum absolute atomic E-state index is 14.2. The Morgan fingerprint density at radius 1 is 0.722 bits per heavy atom. The molecule has 2 saturated heterocycles. The molecule has 5 unspecified atom stereocenters. The van der Waals surface area contributed by atoms with Gasteiger partial charge in [-0.15, -0.1) is 11.8 Å². The molecule has 0 spiro atoms. The van der Waals surface area contributed by atoms with E-state index in [-0.39, 0.29) is 71.9 Å². The number of ether oxygens (including phenoxy) is 4. The zero-order valence-corrected chi connectivity index (χ0v) is 46.7. The van der Waals surface area contributed by atoms with E-state index in [2.05, 4.69) is 49.5 Å². The number of thioether (sulfide) groups is 2. The number of para-hydroxylation sites is 2. The van der Waals surface area contributed by atoms with Gasteiger partial charge in [0.1, 0.15) is 30.7 Å². The van der Waals surface area contributed by atoms with Crippen molar-refractivity contribution in [2.24, 2.45) is 4.99 Å². The van der Waals surface area contributed by atoms with Crippen molar-refractivity contribution < 1.29 is 47.7 Å². The topological polar surface area (TPSA) is 177 Å². The van der Waals surface area contributed by atoms with Gasteiger partial charge < -0.3 is 29.2 Å². The van der Waals surface area contributed by atoms with Crippen LogP contribution in [0.5, 0.6) is 0 Å². The molecule has 6 aliphatic heterocycles. The number of carbonyl (C=O) groups excluding carboxylic acids is 6. The normalized spacial score (nSPS) is 24.2. The monoisotopic (exact) mass is 1110 g/mol. The van der Waals surface area contributed by atoms with Gasteiger partial charge in [-0.1, -0.05) is 67.4 Å². The molecule has 16 nitrogen and oxygen atoms in total. The second-order valence-electron chi connectivity index (χ2n) is 21.8. The molecular weight excluding hydrogens is 1040 g/mol. The first-order chi connectivity index (χ1) is 38.2. The summed E-state index contributed by atoms with van der Waals surface area (Å²) >= 11 is 3.30. The number of anilines is 2. The predicted molar refractivity (Wildman–Crippen MR) is 304 cm³/mol. The third kappa shape index (κ3) is 11.4. The number of fused-ring (bicyclic) bond motifs is 7. The number of rotatable bonds is 21. The third-order valence-corrected chi connectivity index (χ3v) is 18.9. The summed E-state index contributed by atoms with van der Waals surface area (Å²) in [6.07, 6.45) is 13.5. The van der Waals surface area contributed by atoms with E-state index in [0.717, 1.165) is 64.2 Å². The molecule has 6 atom stereocenters. The highest BCUT2D eigenvalue weighted by Crippen LogP contribution is 2.41. The van der Waals surface area contributed by atoms with Gasteiger partial charge in [-0.05, 0) is 85.2 Å². The van der Waals surface area contributed by atoms with Gasteiger partial charge in [-0.2, -0.15) is 11.8 Å². The van der Waals surface area contributed by atoms with Gasteiger partial charge in [0.2, 0.25) is 11.8 Å². The number of methoxy groups -OCH3 is 2. The molecule has 3 aromatic carbocycles. The van der Waals surface area contributed by atoms with Crippen molar-refractivity contribution in [2.75, 3.05) is 49.4 Å². The summed E-state index contributed by atoms with van der Waals surface area (Å²) in [5.41, 5.74) is 9.51. The summed E-state index contributed by atoms with van der Waals surface area (Å²) in [5.74, 6) is 0.944. The van der Waals surface area contributed by atoms with Crippen LogP contribution in [-0.4, -0.2) is 131 Å². The first kappa shape index (κ1) is 54.4. The Balaban J connectivity index is 0.759. The van der Waals surface area contributed by atoms with E-state index in [1.807, 2.05) is 70.6 Å². The molecule has 79 heavy (non-hydrogen) atoms. The van der Waals surface area contributed by atoms with E-state index in [1.54, 1.807) is 37.7 Å². The Morgan fingerprint density at radius 2 is 1.41 bits per heavy atom. The van der Waals surface area contributed by atoms with E-state index in [0.29, 0.717) is 79.4 Å². The van der Waals surface area contributed by atoms with E-state index >= 15 is 0 Å². The second kappa shape index (κ2) is 23.3. The van der Waals surface area contributed by atoms with Gasteiger partial charge in [-0.3, -0.25) is 48.5 Å². The average molecular weight is 1110 g/mol. The summed E-state index contributed by atoms with van der Waals surface area (Å²) in [6, 6.07) is 22.3. The number of hydrogen-bond acceptors (Lipinski definition) is 14. The molecule has 0 saturated carbocycles. The Hall–Kier alpha value is -6.57. The number of nitrogens with zero attached hydrogens (tertiary/aromatic N) is 5. The number of imide groups is 2. The van der Waals surface area contributed by atoms with E-state index < -0.39 is 23.6 Å². The first-order valence-electron chi connectivity index (χ1n) is 27.3. The van der Waals surface area contributed by atoms with Crippen molar-refractivity contribution in [2.45, 2.75) is 125 Å². The Bertz CT molecular complexity index is 3150. The molecule has 2 fully saturated rings. The lowest BCUT2D eigenvalue weighted by Gasteiger charge is -2.29. The number of aliphatic imine (C=N–C) groups is 1. The fraction of sp³-hybridized carbons (Fsp3) is 0.426. The van der Waals surface area contributed by atoms with Crippen LogP contribution in [-0.2, 0) is 79.5 Å². The Kier molecular flexibility index (Phi) is 16.0. The second-order valence-corrected chi connectivity index (χ2v) is 24.7. The number of amides is 6. The molecule has 6 amide bonds. The van der Waals surface area contributed by atoms with Crippen molar-refractivity contribution in [1.29, 1.82) is 0 Å². The zero-order valence-electron chi connectivity index (χ0n) is 45.0. The largest absolute Gasteiger partial charge is 0.490 e. The minimum absolute atomic E-state index is 0.00473. The molecule has 18 heteroatoms. The molecule has 0 aromatic heterocycles. The molecule has 2 aliphatic carbocycles. The minimum atomic E-state index is -0.516. The number of hydrogen-bond donors (Lipinski definition) is 1. The number of likely N-dealkylation sites (tertiary alicyclic amines) is 1. The summed E-state index contributed by atoms with van der Waals surface area (Å²) in [7, 11) is 3.25. The lowest BCUT2D eigenvalue weighted by atomic mass is 9.97. The maximum atomic E-state index is 14.2. The summed E-state index contributed by atoms with van der Waals surface area (Å²) in [4.78, 5) is 90.1. The molecule has 6 heterocycles. The van der Waals surface area contributed by atoms with Crippen LogP contribution >= 0.6 is 23.5 Å². The van der Waals surface area contributed by atoms with Gasteiger partial charge in [0.15, 0.2) is 0 Å².